The fraction of sp³-hybridized carbons (Fsp3) is 1.00. The Morgan fingerprint density at radius 3 is 1.33 bits per heavy atom. The molecule has 0 saturated carbocycles. The topological polar surface area (TPSA) is 23.1 Å². The van der Waals surface area contributed by atoms with Crippen molar-refractivity contribution in [2.45, 2.75) is 20.0 Å². The molecule has 0 N–H and O–H groups in total. The van der Waals surface area contributed by atoms with Crippen molar-refractivity contribution in [2.24, 2.45) is 0 Å². The third-order valence-corrected chi connectivity index (χ3v) is 0. The second-order valence-electron chi connectivity index (χ2n) is 1.05. The molecule has 0 aromatic rings. The first-order chi connectivity index (χ1) is 1.73. The molecule has 0 aliphatic heterocycles. The molecule has 0 fully saturated rings. The average molecular weight is 142 g/mol. The SMILES string of the molecule is CC(C)[O-].[Cl-].[Ti+2]. The van der Waals surface area contributed by atoms with Crippen LogP contribution in [-0.4, -0.2) is 6.10 Å². The van der Waals surface area contributed by atoms with Crippen LogP contribution in [0.25, 0.3) is 0 Å². The summed E-state index contributed by atoms with van der Waals surface area (Å²) in [5.41, 5.74) is 0. The summed E-state index contributed by atoms with van der Waals surface area (Å²) in [6.45, 7) is 3.22. The zero-order valence-electron chi connectivity index (χ0n) is 3.86. The molecule has 0 spiro atoms. The fourth-order valence-corrected chi connectivity index (χ4v) is 0. The predicted molar refractivity (Wildman–Crippen MR) is 15.1 cm³/mol. The molecule has 36 valence electrons. The van der Waals surface area contributed by atoms with E-state index in [1.807, 2.05) is 0 Å². The zero-order valence-corrected chi connectivity index (χ0v) is 6.18. The first-order valence-electron chi connectivity index (χ1n) is 1.39. The van der Waals surface area contributed by atoms with Gasteiger partial charge < -0.3 is 17.5 Å². The van der Waals surface area contributed by atoms with Gasteiger partial charge in [-0.05, 0) is 0 Å². The minimum atomic E-state index is -0.417. The molecule has 0 radical (unpaired) electrons. The summed E-state index contributed by atoms with van der Waals surface area (Å²) in [7, 11) is 0. The van der Waals surface area contributed by atoms with Crippen LogP contribution in [-0.2, 0) is 21.7 Å². The Labute approximate surface area is 59.4 Å². The first-order valence-corrected chi connectivity index (χ1v) is 1.39. The summed E-state index contributed by atoms with van der Waals surface area (Å²) < 4.78 is 0. The van der Waals surface area contributed by atoms with Gasteiger partial charge in [0.1, 0.15) is 0 Å². The summed E-state index contributed by atoms with van der Waals surface area (Å²) in [6, 6.07) is 0. The van der Waals surface area contributed by atoms with Crippen LogP contribution in [0.4, 0.5) is 0 Å². The molecule has 0 bridgehead atoms. The van der Waals surface area contributed by atoms with E-state index in [0.717, 1.165) is 0 Å². The zero-order chi connectivity index (χ0) is 3.58. The van der Waals surface area contributed by atoms with Gasteiger partial charge in [0.25, 0.3) is 0 Å². The van der Waals surface area contributed by atoms with Crippen LogP contribution >= 0.6 is 0 Å². The smallest absolute Gasteiger partial charge is 1.00 e. The van der Waals surface area contributed by atoms with Crippen molar-refractivity contribution >= 4 is 0 Å². The summed E-state index contributed by atoms with van der Waals surface area (Å²) in [5.74, 6) is 0. The van der Waals surface area contributed by atoms with Crippen LogP contribution in [0.2, 0.25) is 0 Å². The van der Waals surface area contributed by atoms with Gasteiger partial charge in [0, 0.05) is 0 Å². The molecule has 0 aromatic carbocycles. The van der Waals surface area contributed by atoms with E-state index < -0.39 is 6.10 Å². The largest absolute Gasteiger partial charge is 2.00 e. The van der Waals surface area contributed by atoms with E-state index in [1.54, 1.807) is 13.8 Å². The van der Waals surface area contributed by atoms with Crippen LogP contribution in [0.3, 0.4) is 0 Å². The van der Waals surface area contributed by atoms with E-state index in [2.05, 4.69) is 0 Å². The van der Waals surface area contributed by atoms with E-state index in [-0.39, 0.29) is 34.1 Å². The Hall–Kier alpha value is 0.964. The van der Waals surface area contributed by atoms with Crippen molar-refractivity contribution < 1.29 is 39.2 Å². The molecule has 0 saturated heterocycles. The predicted octanol–water partition coefficient (Wildman–Crippen LogP) is -3.24. The minimum Gasteiger partial charge on any atom is -1.00 e. The van der Waals surface area contributed by atoms with Gasteiger partial charge in [-0.15, -0.1) is 6.10 Å². The third-order valence-electron chi connectivity index (χ3n) is 0. The first kappa shape index (κ1) is 15.8. The maximum absolute atomic E-state index is 9.53. The standard InChI is InChI=1S/C3H7O.ClH.Ti/c1-3(2)4;;/h3H,1-2H3;1H;/q-1;;+2/p-1. The van der Waals surface area contributed by atoms with Crippen molar-refractivity contribution in [1.82, 2.24) is 0 Å². The van der Waals surface area contributed by atoms with Crippen molar-refractivity contribution in [3.63, 3.8) is 0 Å². The normalized spacial score (nSPS) is 6.00. The van der Waals surface area contributed by atoms with Gasteiger partial charge in [-0.3, -0.25) is 0 Å². The summed E-state index contributed by atoms with van der Waals surface area (Å²) in [6.07, 6.45) is -0.417. The van der Waals surface area contributed by atoms with Crippen LogP contribution < -0.4 is 17.5 Å². The molecule has 3 heteroatoms. The second-order valence-corrected chi connectivity index (χ2v) is 1.05. The van der Waals surface area contributed by atoms with Gasteiger partial charge in [-0.25, -0.2) is 0 Å². The molecule has 0 aliphatic rings. The van der Waals surface area contributed by atoms with Crippen molar-refractivity contribution in [3.8, 4) is 0 Å². The van der Waals surface area contributed by atoms with E-state index >= 15 is 0 Å². The Morgan fingerprint density at radius 1 is 1.33 bits per heavy atom. The number of hydrogen-bond acceptors (Lipinski definition) is 1. The Kier molecular flexibility index (Phi) is 24.6. The minimum absolute atomic E-state index is 0. The van der Waals surface area contributed by atoms with Gasteiger partial charge in [0.05, 0.1) is 0 Å². The summed E-state index contributed by atoms with van der Waals surface area (Å²) in [4.78, 5) is 0. The number of hydrogen-bond donors (Lipinski definition) is 0. The molecular weight excluding hydrogens is 135 g/mol. The number of rotatable bonds is 0. The molecular formula is C3H7ClOTi. The average Bonchev–Trinajstić information content (AvgIpc) is 0.811. The maximum atomic E-state index is 9.53. The molecule has 0 heterocycles. The van der Waals surface area contributed by atoms with E-state index in [0.29, 0.717) is 0 Å². The van der Waals surface area contributed by atoms with E-state index in [1.165, 1.54) is 0 Å². The maximum Gasteiger partial charge on any atom is 2.00 e. The monoisotopic (exact) mass is 142 g/mol. The van der Waals surface area contributed by atoms with Crippen LogP contribution in [0.1, 0.15) is 13.8 Å². The Morgan fingerprint density at radius 2 is 1.33 bits per heavy atom. The second kappa shape index (κ2) is 9.35. The Balaban J connectivity index is -0.0000000450. The van der Waals surface area contributed by atoms with Crippen molar-refractivity contribution in [3.05, 3.63) is 0 Å². The molecule has 0 aromatic heterocycles. The van der Waals surface area contributed by atoms with Crippen molar-refractivity contribution in [2.75, 3.05) is 0 Å². The van der Waals surface area contributed by atoms with Gasteiger partial charge in [0.2, 0.25) is 0 Å². The third kappa shape index (κ3) is 83.9. The molecule has 0 aliphatic carbocycles. The fourth-order valence-electron chi connectivity index (χ4n) is 0. The molecule has 0 atom stereocenters. The summed E-state index contributed by atoms with van der Waals surface area (Å²) >= 11 is 0. The van der Waals surface area contributed by atoms with Crippen LogP contribution in [0, 0.1) is 0 Å². The van der Waals surface area contributed by atoms with Crippen LogP contribution in [0.5, 0.6) is 0 Å². The molecule has 0 rings (SSSR count). The molecule has 1 nitrogen and oxygen atoms in total. The van der Waals surface area contributed by atoms with E-state index in [4.69, 9.17) is 0 Å². The quantitative estimate of drug-likeness (QED) is 0.326. The molecule has 0 unspecified atom stereocenters. The van der Waals surface area contributed by atoms with E-state index in [9.17, 15) is 5.11 Å². The van der Waals surface area contributed by atoms with Gasteiger partial charge >= 0.3 is 21.7 Å². The van der Waals surface area contributed by atoms with Crippen LogP contribution in [0.15, 0.2) is 0 Å². The summed E-state index contributed by atoms with van der Waals surface area (Å²) in [5, 5.41) is 9.53. The molecule has 0 amide bonds. The Bertz CT molecular complexity index is 15.5. The number of halogens is 1. The van der Waals surface area contributed by atoms with Gasteiger partial charge in [-0.2, -0.15) is 0 Å². The molecule has 6 heavy (non-hydrogen) atoms. The van der Waals surface area contributed by atoms with Crippen molar-refractivity contribution in [1.29, 1.82) is 0 Å². The van der Waals surface area contributed by atoms with Gasteiger partial charge in [-0.1, -0.05) is 13.8 Å². The van der Waals surface area contributed by atoms with Gasteiger partial charge in [0.15, 0.2) is 0 Å².